The second-order valence-corrected chi connectivity index (χ2v) is 10.4. The lowest BCUT2D eigenvalue weighted by Crippen LogP contribution is -2.66. The van der Waals surface area contributed by atoms with Crippen molar-refractivity contribution in [1.82, 2.24) is 0 Å². The second kappa shape index (κ2) is 4.76. The summed E-state index contributed by atoms with van der Waals surface area (Å²) in [7, 11) is 0. The van der Waals surface area contributed by atoms with E-state index >= 15 is 0 Å². The van der Waals surface area contributed by atoms with Crippen LogP contribution in [-0.4, -0.2) is 33.5 Å². The maximum atomic E-state index is 12.1. The zero-order chi connectivity index (χ0) is 17.5. The fourth-order valence-corrected chi connectivity index (χ4v) is 8.07. The van der Waals surface area contributed by atoms with Gasteiger partial charge in [0.25, 0.3) is 0 Å². The van der Waals surface area contributed by atoms with E-state index in [1.807, 2.05) is 6.92 Å². The standard InChI is InChI=1S/C20H32O4/c1-17-7-8-20(11-17)14(22)9-13-18(2,15(20)12(21)10-17)5-4-6-19(13,3)16(23)24/h12-15,21-22H,4-11H2,1-3H3,(H,23,24)/t12-,13-,14-,15?,17-,18+,19+,20-/m0/s1. The molecule has 0 aliphatic heterocycles. The van der Waals surface area contributed by atoms with Crippen LogP contribution in [0.5, 0.6) is 0 Å². The van der Waals surface area contributed by atoms with Gasteiger partial charge in [-0.25, -0.2) is 0 Å². The van der Waals surface area contributed by atoms with Crippen LogP contribution >= 0.6 is 0 Å². The lowest BCUT2D eigenvalue weighted by molar-refractivity contribution is -0.237. The number of carboxylic acid groups (broad SMARTS) is 1. The van der Waals surface area contributed by atoms with Crippen LogP contribution in [0.4, 0.5) is 0 Å². The molecule has 4 saturated carbocycles. The molecule has 4 fully saturated rings. The van der Waals surface area contributed by atoms with Crippen molar-refractivity contribution >= 4 is 5.97 Å². The Morgan fingerprint density at radius 2 is 1.75 bits per heavy atom. The molecule has 0 saturated heterocycles. The lowest BCUT2D eigenvalue weighted by atomic mass is 9.39. The van der Waals surface area contributed by atoms with Crippen molar-refractivity contribution in [3.8, 4) is 0 Å². The minimum Gasteiger partial charge on any atom is -0.481 e. The van der Waals surface area contributed by atoms with Crippen LogP contribution in [-0.2, 0) is 4.79 Å². The van der Waals surface area contributed by atoms with Gasteiger partial charge in [-0.05, 0) is 74.5 Å². The fourth-order valence-electron chi connectivity index (χ4n) is 8.07. The fraction of sp³-hybridized carbons (Fsp3) is 0.950. The van der Waals surface area contributed by atoms with E-state index in [1.165, 1.54) is 0 Å². The molecule has 3 N–H and O–H groups in total. The molecule has 4 aliphatic carbocycles. The van der Waals surface area contributed by atoms with Crippen LogP contribution in [0.25, 0.3) is 0 Å². The number of carboxylic acids is 1. The molecular weight excluding hydrogens is 304 g/mol. The SMILES string of the molecule is C[C@@]12CC[C@@]3(C1)C([C@@H](O)C2)[C@]1(C)CCC[C@@](C)(C(=O)O)[C@H]1C[C@@H]3O. The Morgan fingerprint density at radius 1 is 1.04 bits per heavy atom. The van der Waals surface area contributed by atoms with Crippen molar-refractivity contribution in [1.29, 1.82) is 0 Å². The Morgan fingerprint density at radius 3 is 2.42 bits per heavy atom. The first-order valence-electron chi connectivity index (χ1n) is 9.67. The van der Waals surface area contributed by atoms with E-state index < -0.39 is 23.6 Å². The Kier molecular flexibility index (Phi) is 3.34. The van der Waals surface area contributed by atoms with Crippen LogP contribution in [0, 0.1) is 33.5 Å². The number of rotatable bonds is 1. The number of aliphatic hydroxyl groups excluding tert-OH is 2. The monoisotopic (exact) mass is 336 g/mol. The third-order valence-electron chi connectivity index (χ3n) is 8.95. The van der Waals surface area contributed by atoms with Crippen LogP contribution < -0.4 is 0 Å². The van der Waals surface area contributed by atoms with Crippen LogP contribution in [0.1, 0.15) is 72.1 Å². The van der Waals surface area contributed by atoms with Gasteiger partial charge in [-0.3, -0.25) is 4.79 Å². The maximum Gasteiger partial charge on any atom is 0.309 e. The largest absolute Gasteiger partial charge is 0.481 e. The summed E-state index contributed by atoms with van der Waals surface area (Å²) in [5.41, 5.74) is -1.02. The molecule has 4 nitrogen and oxygen atoms in total. The van der Waals surface area contributed by atoms with Gasteiger partial charge < -0.3 is 15.3 Å². The molecule has 0 radical (unpaired) electrons. The normalized spacial score (nSPS) is 59.5. The quantitative estimate of drug-likeness (QED) is 0.687. The second-order valence-electron chi connectivity index (χ2n) is 10.4. The molecule has 8 atom stereocenters. The minimum absolute atomic E-state index is 0.0355. The van der Waals surface area contributed by atoms with Crippen molar-refractivity contribution < 1.29 is 20.1 Å². The van der Waals surface area contributed by atoms with Crippen molar-refractivity contribution in [2.24, 2.45) is 33.5 Å². The average Bonchev–Trinajstić information content (AvgIpc) is 2.74. The number of hydrogen-bond acceptors (Lipinski definition) is 3. The predicted molar refractivity (Wildman–Crippen MR) is 90.3 cm³/mol. The highest BCUT2D eigenvalue weighted by molar-refractivity contribution is 5.75. The van der Waals surface area contributed by atoms with Crippen LogP contribution in [0.2, 0.25) is 0 Å². The third-order valence-corrected chi connectivity index (χ3v) is 8.95. The van der Waals surface area contributed by atoms with E-state index in [-0.39, 0.29) is 28.1 Å². The Balaban J connectivity index is 1.83. The first kappa shape index (κ1) is 16.8. The highest BCUT2D eigenvalue weighted by Gasteiger charge is 2.71. The maximum absolute atomic E-state index is 12.1. The number of carbonyl (C=O) groups is 1. The van der Waals surface area contributed by atoms with E-state index in [1.54, 1.807) is 0 Å². The molecule has 4 heteroatoms. The van der Waals surface area contributed by atoms with E-state index in [0.29, 0.717) is 12.8 Å². The van der Waals surface area contributed by atoms with Gasteiger partial charge >= 0.3 is 5.97 Å². The minimum atomic E-state index is -0.783. The highest BCUT2D eigenvalue weighted by Crippen LogP contribution is 2.73. The molecule has 1 unspecified atom stereocenters. The average molecular weight is 336 g/mol. The molecule has 136 valence electrons. The molecular formula is C20H32O4. The van der Waals surface area contributed by atoms with Crippen LogP contribution in [0.3, 0.4) is 0 Å². The predicted octanol–water partition coefficient (Wildman–Crippen LogP) is 3.21. The van der Waals surface area contributed by atoms with E-state index in [9.17, 15) is 20.1 Å². The number of fused-ring (bicyclic) bond motifs is 3. The molecule has 4 rings (SSSR count). The van der Waals surface area contributed by atoms with Gasteiger partial charge in [-0.15, -0.1) is 0 Å². The highest BCUT2D eigenvalue weighted by atomic mass is 16.4. The Bertz CT molecular complexity index is 576. The summed E-state index contributed by atoms with van der Waals surface area (Å²) in [4.78, 5) is 12.1. The number of aliphatic hydroxyl groups is 2. The molecule has 0 heterocycles. The molecule has 0 amide bonds. The van der Waals surface area contributed by atoms with Gasteiger partial charge in [-0.2, -0.15) is 0 Å². The molecule has 0 aromatic carbocycles. The zero-order valence-electron chi connectivity index (χ0n) is 15.2. The smallest absolute Gasteiger partial charge is 0.309 e. The summed E-state index contributed by atoms with van der Waals surface area (Å²) < 4.78 is 0. The summed E-state index contributed by atoms with van der Waals surface area (Å²) in [5.74, 6) is -0.752. The van der Waals surface area contributed by atoms with Gasteiger partial charge in [0.2, 0.25) is 0 Å². The van der Waals surface area contributed by atoms with Gasteiger partial charge in [0.05, 0.1) is 17.6 Å². The van der Waals surface area contributed by atoms with Crippen LogP contribution in [0.15, 0.2) is 0 Å². The lowest BCUT2D eigenvalue weighted by Gasteiger charge is -2.66. The summed E-state index contributed by atoms with van der Waals surface area (Å²) >= 11 is 0. The number of aliphatic carboxylic acids is 1. The topological polar surface area (TPSA) is 77.8 Å². The Labute approximate surface area is 144 Å². The number of hydrogen-bond donors (Lipinski definition) is 3. The zero-order valence-corrected chi connectivity index (χ0v) is 15.2. The summed E-state index contributed by atoms with van der Waals surface area (Å²) in [6.07, 6.45) is 6.12. The van der Waals surface area contributed by atoms with Gasteiger partial charge in [-0.1, -0.05) is 20.3 Å². The first-order chi connectivity index (χ1) is 11.1. The van der Waals surface area contributed by atoms with Crippen molar-refractivity contribution in [3.05, 3.63) is 0 Å². The summed E-state index contributed by atoms with van der Waals surface area (Å²) in [5, 5.41) is 32.2. The molecule has 0 aromatic heterocycles. The van der Waals surface area contributed by atoms with E-state index in [4.69, 9.17) is 0 Å². The molecule has 2 bridgehead atoms. The van der Waals surface area contributed by atoms with Gasteiger partial charge in [0.1, 0.15) is 0 Å². The van der Waals surface area contributed by atoms with Crippen molar-refractivity contribution in [2.75, 3.05) is 0 Å². The van der Waals surface area contributed by atoms with E-state index in [2.05, 4.69) is 13.8 Å². The molecule has 1 spiro atoms. The van der Waals surface area contributed by atoms with Gasteiger partial charge in [0.15, 0.2) is 0 Å². The first-order valence-corrected chi connectivity index (χ1v) is 9.67. The summed E-state index contributed by atoms with van der Waals surface area (Å²) in [6.45, 7) is 6.35. The Hall–Kier alpha value is -0.610. The van der Waals surface area contributed by atoms with E-state index in [0.717, 1.165) is 38.5 Å². The van der Waals surface area contributed by atoms with Crippen molar-refractivity contribution in [2.45, 2.75) is 84.3 Å². The summed E-state index contributed by atoms with van der Waals surface area (Å²) in [6, 6.07) is 0. The molecule has 0 aromatic rings. The molecule has 24 heavy (non-hydrogen) atoms. The van der Waals surface area contributed by atoms with Crippen molar-refractivity contribution in [3.63, 3.8) is 0 Å². The van der Waals surface area contributed by atoms with Gasteiger partial charge in [0, 0.05) is 5.41 Å². The third kappa shape index (κ3) is 1.85. The molecule has 4 aliphatic rings.